The van der Waals surface area contributed by atoms with Crippen molar-refractivity contribution in [1.29, 1.82) is 0 Å². The minimum absolute atomic E-state index is 0.812. The molecule has 0 heterocycles. The second-order valence-corrected chi connectivity index (χ2v) is 5.00. The average molecular weight is 304 g/mol. The fourth-order valence-corrected chi connectivity index (χ4v) is 1.77. The van der Waals surface area contributed by atoms with Crippen molar-refractivity contribution in [3.8, 4) is 0 Å². The quantitative estimate of drug-likeness (QED) is 0.364. The van der Waals surface area contributed by atoms with E-state index in [1.54, 1.807) is 14.2 Å². The van der Waals surface area contributed by atoms with Crippen LogP contribution in [0.5, 0.6) is 0 Å². The number of methoxy groups -OCH3 is 2. The second-order valence-electron chi connectivity index (χ2n) is 5.00. The van der Waals surface area contributed by atoms with Crippen LogP contribution < -0.4 is 5.32 Å². The first-order valence-electron chi connectivity index (χ1n) is 8.18. The van der Waals surface area contributed by atoms with Crippen LogP contribution in [-0.4, -0.2) is 67.0 Å². The van der Waals surface area contributed by atoms with Gasteiger partial charge in [0.05, 0.1) is 0 Å². The first-order chi connectivity index (χ1) is 10.4. The molecule has 0 atom stereocenters. The van der Waals surface area contributed by atoms with Crippen LogP contribution >= 0.6 is 0 Å². The Labute approximate surface area is 130 Å². The first kappa shape index (κ1) is 20.8. The van der Waals surface area contributed by atoms with E-state index in [0.29, 0.717) is 0 Å². The maximum atomic E-state index is 5.52. The van der Waals surface area contributed by atoms with Gasteiger partial charge in [-0.15, -0.1) is 0 Å². The summed E-state index contributed by atoms with van der Waals surface area (Å²) in [4.78, 5) is 0. The van der Waals surface area contributed by atoms with Crippen molar-refractivity contribution in [2.75, 3.05) is 67.0 Å². The molecule has 0 aliphatic carbocycles. The van der Waals surface area contributed by atoms with Gasteiger partial charge in [-0.1, -0.05) is 0 Å². The van der Waals surface area contributed by atoms with Gasteiger partial charge in [0.2, 0.25) is 0 Å². The summed E-state index contributed by atoms with van der Waals surface area (Å²) >= 11 is 0. The normalized spacial score (nSPS) is 11.1. The number of hydrogen-bond donors (Lipinski definition) is 0. The van der Waals surface area contributed by atoms with E-state index in [4.69, 9.17) is 18.9 Å². The Morgan fingerprint density at radius 1 is 0.524 bits per heavy atom. The lowest BCUT2D eigenvalue weighted by atomic mass is 10.3. The standard InChI is InChI=1S/C16H34NO4/c1-18-11-3-5-13-20-15-7-9-17-10-8-16-21-14-6-4-12-19-2/h3-16H2,1-2H3. The Kier molecular flexibility index (Phi) is 19.6. The molecule has 5 heteroatoms. The van der Waals surface area contributed by atoms with E-state index < -0.39 is 0 Å². The van der Waals surface area contributed by atoms with Gasteiger partial charge < -0.3 is 18.9 Å². The van der Waals surface area contributed by atoms with E-state index in [1.807, 2.05) is 0 Å². The Morgan fingerprint density at radius 2 is 0.905 bits per heavy atom. The van der Waals surface area contributed by atoms with E-state index in [2.05, 4.69) is 5.32 Å². The predicted molar refractivity (Wildman–Crippen MR) is 85.0 cm³/mol. The molecule has 21 heavy (non-hydrogen) atoms. The fraction of sp³-hybridized carbons (Fsp3) is 1.00. The van der Waals surface area contributed by atoms with Gasteiger partial charge in [0.25, 0.3) is 0 Å². The molecule has 0 rings (SSSR count). The highest BCUT2D eigenvalue weighted by atomic mass is 16.5. The SMILES string of the molecule is COCCCCOCCC[N]CCCOCCCCOC. The third-order valence-corrected chi connectivity index (χ3v) is 2.98. The smallest absolute Gasteiger partial charge is 0.0478 e. The van der Waals surface area contributed by atoms with Gasteiger partial charge in [-0.3, -0.25) is 0 Å². The van der Waals surface area contributed by atoms with Crippen LogP contribution in [0.4, 0.5) is 0 Å². The molecule has 0 aromatic heterocycles. The van der Waals surface area contributed by atoms with Crippen molar-refractivity contribution in [3.63, 3.8) is 0 Å². The van der Waals surface area contributed by atoms with Crippen LogP contribution in [0.3, 0.4) is 0 Å². The van der Waals surface area contributed by atoms with Gasteiger partial charge in [0.15, 0.2) is 0 Å². The lowest BCUT2D eigenvalue weighted by molar-refractivity contribution is 0.113. The summed E-state index contributed by atoms with van der Waals surface area (Å²) in [7, 11) is 3.46. The zero-order valence-electron chi connectivity index (χ0n) is 14.0. The molecular weight excluding hydrogens is 270 g/mol. The highest BCUT2D eigenvalue weighted by Crippen LogP contribution is 1.93. The molecule has 0 amide bonds. The van der Waals surface area contributed by atoms with Crippen LogP contribution in [0.15, 0.2) is 0 Å². The molecule has 0 unspecified atom stereocenters. The van der Waals surface area contributed by atoms with Gasteiger partial charge in [0.1, 0.15) is 0 Å². The van der Waals surface area contributed by atoms with Crippen molar-refractivity contribution in [3.05, 3.63) is 0 Å². The molecule has 0 aliphatic rings. The van der Waals surface area contributed by atoms with Crippen LogP contribution in [0, 0.1) is 0 Å². The Morgan fingerprint density at radius 3 is 1.33 bits per heavy atom. The monoisotopic (exact) mass is 304 g/mol. The molecule has 0 saturated heterocycles. The maximum absolute atomic E-state index is 5.52. The van der Waals surface area contributed by atoms with Gasteiger partial charge in [-0.2, -0.15) is 0 Å². The second kappa shape index (κ2) is 19.8. The van der Waals surface area contributed by atoms with E-state index in [0.717, 1.165) is 91.3 Å². The zero-order valence-corrected chi connectivity index (χ0v) is 14.0. The topological polar surface area (TPSA) is 51.0 Å². The molecule has 5 nitrogen and oxygen atoms in total. The van der Waals surface area contributed by atoms with Gasteiger partial charge in [-0.25, -0.2) is 5.32 Å². The van der Waals surface area contributed by atoms with Crippen molar-refractivity contribution in [2.45, 2.75) is 38.5 Å². The molecule has 0 saturated carbocycles. The Hall–Kier alpha value is -0.200. The molecule has 0 aromatic carbocycles. The molecule has 0 bridgehead atoms. The number of rotatable bonds is 18. The summed E-state index contributed by atoms with van der Waals surface area (Å²) in [5.74, 6) is 0. The van der Waals surface area contributed by atoms with Crippen LogP contribution in [0.1, 0.15) is 38.5 Å². The first-order valence-corrected chi connectivity index (χ1v) is 8.18. The van der Waals surface area contributed by atoms with E-state index in [9.17, 15) is 0 Å². The lowest BCUT2D eigenvalue weighted by Crippen LogP contribution is -2.13. The average Bonchev–Trinajstić information content (AvgIpc) is 2.50. The number of hydrogen-bond acceptors (Lipinski definition) is 4. The van der Waals surface area contributed by atoms with Gasteiger partial charge in [0, 0.05) is 67.0 Å². The predicted octanol–water partition coefficient (Wildman–Crippen LogP) is 2.26. The third-order valence-electron chi connectivity index (χ3n) is 2.98. The minimum atomic E-state index is 0.812. The molecule has 0 fully saturated rings. The van der Waals surface area contributed by atoms with Crippen molar-refractivity contribution >= 4 is 0 Å². The summed E-state index contributed by atoms with van der Waals surface area (Å²) in [6.07, 6.45) is 6.34. The summed E-state index contributed by atoms with van der Waals surface area (Å²) in [5.41, 5.74) is 0. The molecular formula is C16H34NO4. The van der Waals surface area contributed by atoms with Crippen molar-refractivity contribution < 1.29 is 18.9 Å². The van der Waals surface area contributed by atoms with E-state index in [1.165, 1.54) is 0 Å². The molecule has 0 aromatic rings. The van der Waals surface area contributed by atoms with Crippen molar-refractivity contribution in [2.24, 2.45) is 0 Å². The van der Waals surface area contributed by atoms with Gasteiger partial charge in [-0.05, 0) is 38.5 Å². The highest BCUT2D eigenvalue weighted by Gasteiger charge is 1.94. The van der Waals surface area contributed by atoms with Crippen LogP contribution in [0.2, 0.25) is 0 Å². The van der Waals surface area contributed by atoms with Crippen LogP contribution in [0.25, 0.3) is 0 Å². The molecule has 1 radical (unpaired) electrons. The summed E-state index contributed by atoms with van der Waals surface area (Å²) in [6, 6.07) is 0. The van der Waals surface area contributed by atoms with Crippen LogP contribution in [-0.2, 0) is 18.9 Å². The molecule has 0 spiro atoms. The zero-order chi connectivity index (χ0) is 15.4. The minimum Gasteiger partial charge on any atom is -0.385 e. The molecule has 0 aliphatic heterocycles. The van der Waals surface area contributed by atoms with Crippen molar-refractivity contribution in [1.82, 2.24) is 5.32 Å². The summed E-state index contributed by atoms with van der Waals surface area (Å²) in [6.45, 7) is 6.73. The Bertz CT molecular complexity index is 164. The Balaban J connectivity index is 2.90. The van der Waals surface area contributed by atoms with E-state index in [-0.39, 0.29) is 0 Å². The summed E-state index contributed by atoms with van der Waals surface area (Å²) < 4.78 is 21.0. The molecule has 127 valence electrons. The number of ether oxygens (including phenoxy) is 4. The lowest BCUT2D eigenvalue weighted by Gasteiger charge is -2.06. The fourth-order valence-electron chi connectivity index (χ4n) is 1.77. The largest absolute Gasteiger partial charge is 0.385 e. The third kappa shape index (κ3) is 19.8. The number of nitrogens with zero attached hydrogens (tertiary/aromatic N) is 1. The van der Waals surface area contributed by atoms with E-state index >= 15 is 0 Å². The molecule has 0 N–H and O–H groups in total. The van der Waals surface area contributed by atoms with Gasteiger partial charge >= 0.3 is 0 Å². The number of unbranched alkanes of at least 4 members (excludes halogenated alkanes) is 2. The highest BCUT2D eigenvalue weighted by molar-refractivity contribution is 4.48. The maximum Gasteiger partial charge on any atom is 0.0478 e. The summed E-state index contributed by atoms with van der Waals surface area (Å²) in [5, 5.41) is 4.47.